The second-order valence-corrected chi connectivity index (χ2v) is 9.27. The fourth-order valence-corrected chi connectivity index (χ4v) is 4.30. The van der Waals surface area contributed by atoms with Gasteiger partial charge in [0.25, 0.3) is 5.91 Å². The number of amides is 2. The summed E-state index contributed by atoms with van der Waals surface area (Å²) in [6, 6.07) is 15.8. The Hall–Kier alpha value is -4.05. The molecule has 4 rings (SSSR count). The molecule has 10 heteroatoms. The molecule has 1 atom stereocenters. The van der Waals surface area contributed by atoms with Crippen LogP contribution in [0.3, 0.4) is 0 Å². The molecule has 2 aromatic carbocycles. The summed E-state index contributed by atoms with van der Waals surface area (Å²) in [5, 5.41) is 10.5. The highest BCUT2D eigenvalue weighted by molar-refractivity contribution is 7.08. The number of H-pyrrole nitrogens is 1. The van der Waals surface area contributed by atoms with Crippen LogP contribution in [0.5, 0.6) is 5.75 Å². The van der Waals surface area contributed by atoms with Crippen molar-refractivity contribution in [1.29, 1.82) is 0 Å². The van der Waals surface area contributed by atoms with Crippen molar-refractivity contribution in [3.05, 3.63) is 86.1 Å². The van der Waals surface area contributed by atoms with Gasteiger partial charge in [0.1, 0.15) is 23.4 Å². The third-order valence-corrected chi connectivity index (χ3v) is 6.12. The fourth-order valence-electron chi connectivity index (χ4n) is 3.65. The number of hydrogen-bond acceptors (Lipinski definition) is 7. The number of likely N-dealkylation sites (N-methyl/N-ethyl adjacent to an activating group) is 1. The van der Waals surface area contributed by atoms with Gasteiger partial charge in [-0.3, -0.25) is 19.4 Å². The Labute approximate surface area is 205 Å². The number of carbonyl (C=O) groups is 2. The van der Waals surface area contributed by atoms with Gasteiger partial charge < -0.3 is 15.0 Å². The minimum absolute atomic E-state index is 0.118. The third-order valence-electron chi connectivity index (χ3n) is 5.35. The molecule has 9 nitrogen and oxygen atoms in total. The lowest BCUT2D eigenvalue weighted by Gasteiger charge is -2.21. The summed E-state index contributed by atoms with van der Waals surface area (Å²) in [6.07, 6.45) is 0.118. The Kier molecular flexibility index (Phi) is 7.21. The van der Waals surface area contributed by atoms with Gasteiger partial charge in [-0.25, -0.2) is 5.10 Å². The standard InChI is InChI=1S/C25H25N5O4S/c1-15-12-17(19-6-4-5-7-20(19)26-15)14-34-18-10-8-16(9-11-18)23(31)27-21(24(32)30(2)3)13-22-28-29-25(33)35-22/h4-12,21H,13-14H2,1-3H3,(H,27,31)(H,29,33). The van der Waals surface area contributed by atoms with E-state index >= 15 is 0 Å². The molecular weight excluding hydrogens is 466 g/mol. The number of aromatic amines is 1. The smallest absolute Gasteiger partial charge is 0.322 e. The van der Waals surface area contributed by atoms with Gasteiger partial charge in [0.15, 0.2) is 0 Å². The van der Waals surface area contributed by atoms with E-state index in [2.05, 4.69) is 20.5 Å². The van der Waals surface area contributed by atoms with Crippen molar-refractivity contribution < 1.29 is 14.3 Å². The Morgan fingerprint density at radius 1 is 1.14 bits per heavy atom. The molecule has 2 amide bonds. The molecule has 1 unspecified atom stereocenters. The van der Waals surface area contributed by atoms with Crippen LogP contribution in [0, 0.1) is 6.92 Å². The SMILES string of the molecule is Cc1cc(COc2ccc(C(=O)NC(Cc3n[nH]c(=O)s3)C(=O)N(C)C)cc2)c2ccccc2n1. The molecule has 0 spiro atoms. The van der Waals surface area contributed by atoms with Crippen molar-refractivity contribution in [3.8, 4) is 5.75 Å². The van der Waals surface area contributed by atoms with Crippen LogP contribution in [-0.2, 0) is 17.8 Å². The largest absolute Gasteiger partial charge is 0.489 e. The summed E-state index contributed by atoms with van der Waals surface area (Å²) >= 11 is 0.910. The molecule has 35 heavy (non-hydrogen) atoms. The maximum absolute atomic E-state index is 12.8. The number of rotatable bonds is 8. The number of ether oxygens (including phenoxy) is 1. The lowest BCUT2D eigenvalue weighted by Crippen LogP contribution is -2.47. The van der Waals surface area contributed by atoms with E-state index in [4.69, 9.17) is 4.74 Å². The first kappa shape index (κ1) is 24.1. The van der Waals surface area contributed by atoms with Crippen molar-refractivity contribution in [3.63, 3.8) is 0 Å². The number of nitrogens with zero attached hydrogens (tertiary/aromatic N) is 3. The molecule has 0 saturated heterocycles. The lowest BCUT2D eigenvalue weighted by molar-refractivity contribution is -0.130. The molecular formula is C25H25N5O4S. The highest BCUT2D eigenvalue weighted by Gasteiger charge is 2.25. The van der Waals surface area contributed by atoms with Crippen LogP contribution in [0.4, 0.5) is 0 Å². The zero-order chi connectivity index (χ0) is 24.9. The number of pyridine rings is 1. The quantitative estimate of drug-likeness (QED) is 0.391. The van der Waals surface area contributed by atoms with Crippen LogP contribution in [0.1, 0.15) is 26.6 Å². The number of benzene rings is 2. The molecule has 2 N–H and O–H groups in total. The van der Waals surface area contributed by atoms with Gasteiger partial charge in [0.05, 0.1) is 5.52 Å². The summed E-state index contributed by atoms with van der Waals surface area (Å²) in [5.74, 6) is -0.0847. The summed E-state index contributed by atoms with van der Waals surface area (Å²) in [7, 11) is 3.21. The molecule has 0 aliphatic carbocycles. The van der Waals surface area contributed by atoms with E-state index in [1.807, 2.05) is 37.3 Å². The average molecular weight is 492 g/mol. The topological polar surface area (TPSA) is 117 Å². The zero-order valence-electron chi connectivity index (χ0n) is 19.6. The maximum Gasteiger partial charge on any atom is 0.322 e. The Bertz CT molecular complexity index is 1410. The van der Waals surface area contributed by atoms with E-state index in [1.54, 1.807) is 38.4 Å². The van der Waals surface area contributed by atoms with Gasteiger partial charge in [0, 0.05) is 42.7 Å². The zero-order valence-corrected chi connectivity index (χ0v) is 20.4. The molecule has 0 radical (unpaired) electrons. The predicted octanol–water partition coefficient (Wildman–Crippen LogP) is 2.70. The first-order chi connectivity index (χ1) is 16.8. The number of hydrogen-bond donors (Lipinski definition) is 2. The second kappa shape index (κ2) is 10.5. The van der Waals surface area contributed by atoms with Gasteiger partial charge in [-0.15, -0.1) is 0 Å². The monoisotopic (exact) mass is 491 g/mol. The van der Waals surface area contributed by atoms with Gasteiger partial charge in [0.2, 0.25) is 5.91 Å². The van der Waals surface area contributed by atoms with E-state index in [9.17, 15) is 14.4 Å². The Morgan fingerprint density at radius 3 is 2.57 bits per heavy atom. The molecule has 0 saturated carbocycles. The predicted molar refractivity (Wildman–Crippen MR) is 134 cm³/mol. The Morgan fingerprint density at radius 2 is 1.89 bits per heavy atom. The second-order valence-electron chi connectivity index (χ2n) is 8.22. The molecule has 2 aromatic heterocycles. The van der Waals surface area contributed by atoms with Crippen LogP contribution in [0.2, 0.25) is 0 Å². The minimum atomic E-state index is -0.851. The van der Waals surface area contributed by atoms with Crippen LogP contribution in [0.15, 0.2) is 59.4 Å². The van der Waals surface area contributed by atoms with E-state index < -0.39 is 11.9 Å². The highest BCUT2D eigenvalue weighted by atomic mass is 32.1. The summed E-state index contributed by atoms with van der Waals surface area (Å²) in [5.41, 5.74) is 3.25. The molecule has 0 bridgehead atoms. The van der Waals surface area contributed by atoms with E-state index in [0.717, 1.165) is 33.5 Å². The van der Waals surface area contributed by atoms with Crippen LogP contribution < -0.4 is 14.9 Å². The Balaban J connectivity index is 1.43. The van der Waals surface area contributed by atoms with Crippen molar-refractivity contribution in [1.82, 2.24) is 25.4 Å². The van der Waals surface area contributed by atoms with Crippen molar-refractivity contribution in [2.24, 2.45) is 0 Å². The number of aryl methyl sites for hydroxylation is 1. The molecule has 0 fully saturated rings. The van der Waals surface area contributed by atoms with E-state index in [0.29, 0.717) is 22.9 Å². The number of aromatic nitrogens is 3. The first-order valence-corrected chi connectivity index (χ1v) is 11.8. The minimum Gasteiger partial charge on any atom is -0.489 e. The van der Waals surface area contributed by atoms with E-state index in [1.165, 1.54) is 4.90 Å². The van der Waals surface area contributed by atoms with Gasteiger partial charge in [-0.1, -0.05) is 29.5 Å². The average Bonchev–Trinajstić information content (AvgIpc) is 3.26. The number of fused-ring (bicyclic) bond motifs is 1. The molecule has 4 aromatic rings. The molecule has 2 heterocycles. The van der Waals surface area contributed by atoms with E-state index in [-0.39, 0.29) is 17.2 Å². The molecule has 0 aliphatic heterocycles. The fraction of sp³-hybridized carbons (Fsp3) is 0.240. The van der Waals surface area contributed by atoms with Crippen molar-refractivity contribution in [2.75, 3.05) is 14.1 Å². The first-order valence-electron chi connectivity index (χ1n) is 10.9. The highest BCUT2D eigenvalue weighted by Crippen LogP contribution is 2.21. The normalized spacial score (nSPS) is 11.7. The van der Waals surface area contributed by atoms with Gasteiger partial charge in [-0.2, -0.15) is 5.10 Å². The van der Waals surface area contributed by atoms with Crippen LogP contribution in [0.25, 0.3) is 10.9 Å². The van der Waals surface area contributed by atoms with Gasteiger partial charge in [-0.05, 0) is 43.3 Å². The number of nitrogens with one attached hydrogen (secondary N) is 2. The van der Waals surface area contributed by atoms with Crippen molar-refractivity contribution >= 4 is 34.1 Å². The summed E-state index contributed by atoms with van der Waals surface area (Å²) in [4.78, 5) is 42.4. The molecule has 180 valence electrons. The number of carbonyl (C=O) groups excluding carboxylic acids is 2. The summed E-state index contributed by atoms with van der Waals surface area (Å²) in [6.45, 7) is 2.31. The molecule has 0 aliphatic rings. The summed E-state index contributed by atoms with van der Waals surface area (Å²) < 4.78 is 5.96. The third kappa shape index (κ3) is 5.90. The van der Waals surface area contributed by atoms with Crippen molar-refractivity contribution in [2.45, 2.75) is 26.0 Å². The van der Waals surface area contributed by atoms with Crippen LogP contribution >= 0.6 is 11.3 Å². The number of para-hydroxylation sites is 1. The lowest BCUT2D eigenvalue weighted by atomic mass is 10.1. The van der Waals surface area contributed by atoms with Crippen LogP contribution in [-0.4, -0.2) is 52.0 Å². The van der Waals surface area contributed by atoms with Gasteiger partial charge >= 0.3 is 4.87 Å². The maximum atomic E-state index is 12.8.